The smallest absolute Gasteiger partial charge is 0.425 e. The van der Waals surface area contributed by atoms with Gasteiger partial charge in [-0.2, -0.15) is 0 Å². The fourth-order valence-corrected chi connectivity index (χ4v) is 11.2. The number of benzene rings is 1. The maximum absolute atomic E-state index is 15.0. The van der Waals surface area contributed by atoms with Gasteiger partial charge in [0.15, 0.2) is 18.2 Å². The van der Waals surface area contributed by atoms with E-state index in [-0.39, 0.29) is 37.3 Å². The van der Waals surface area contributed by atoms with Gasteiger partial charge in [-0.25, -0.2) is 20.2 Å². The fraction of sp³-hybridized carbons (Fsp3) is 0.765. The number of esters is 1. The van der Waals surface area contributed by atoms with Crippen LogP contribution < -0.4 is 10.7 Å². The Kier molecular flexibility index (Phi) is 18.2. The van der Waals surface area contributed by atoms with E-state index in [0.29, 0.717) is 25.9 Å². The molecule has 0 radical (unpaired) electrons. The number of amides is 2. The number of hydrogen-bond acceptors (Lipinski definition) is 16. The molecule has 0 aliphatic carbocycles. The van der Waals surface area contributed by atoms with Crippen LogP contribution in [0.1, 0.15) is 101 Å². The van der Waals surface area contributed by atoms with Crippen LogP contribution in [0.25, 0.3) is 11.3 Å². The molecule has 2 amide bonds. The zero-order chi connectivity index (χ0) is 51.5. The molecule has 0 bridgehead atoms. The summed E-state index contributed by atoms with van der Waals surface area (Å²) in [4.78, 5) is 50.1. The number of imidazole rings is 1. The lowest BCUT2D eigenvalue weighted by molar-refractivity contribution is -0.319. The van der Waals surface area contributed by atoms with Crippen molar-refractivity contribution in [2.24, 2.45) is 17.8 Å². The number of carbonyl (C=O) groups excluding carboxylic acids is 3. The highest BCUT2D eigenvalue weighted by Gasteiger charge is 2.60. The predicted molar refractivity (Wildman–Crippen MR) is 259 cm³/mol. The molecule has 0 saturated carbocycles. The summed E-state index contributed by atoms with van der Waals surface area (Å²) in [5.41, 5.74) is 1.36. The molecule has 4 aliphatic heterocycles. The van der Waals surface area contributed by atoms with Crippen molar-refractivity contribution in [2.45, 2.75) is 198 Å². The average molecular weight is 987 g/mol. The molecular weight excluding hydrogens is 905 g/mol. The third kappa shape index (κ3) is 11.9. The maximum atomic E-state index is 15.0. The van der Waals surface area contributed by atoms with E-state index in [1.807, 2.05) is 94.7 Å². The number of likely N-dealkylation sites (N-methyl/N-ethyl adjacent to an activating group) is 1. The molecule has 18 atom stereocenters. The van der Waals surface area contributed by atoms with Gasteiger partial charge in [0, 0.05) is 63.4 Å². The number of cyclic esters (lactones) is 1. The Hall–Kier alpha value is -3.76. The van der Waals surface area contributed by atoms with Crippen molar-refractivity contribution in [3.63, 3.8) is 0 Å². The molecule has 1 aromatic carbocycles. The SMILES string of the molecule is CC[C@@H]1OC(=O)[C@H](C)[C@@H](O[C@H]2C[C@@](C)(OC)[C@@H](O)[C@H](C)O2)[C@H](C)[C@H](O[C@@H]2O[C@H](C)C[C@H](N(C)C)[C@H]2O)[C@@](C)(OC)C[C@@H](C)C(=O)NC(C)[C@H]2N(NCCCn3cnc(-c4ccccc4)c3)C(=O)O[C@]12C. The quantitative estimate of drug-likeness (QED) is 0.150. The summed E-state index contributed by atoms with van der Waals surface area (Å²) in [6.45, 7) is 19.0. The molecule has 2 aromatic rings. The van der Waals surface area contributed by atoms with Gasteiger partial charge in [-0.15, -0.1) is 0 Å². The van der Waals surface area contributed by atoms with E-state index in [1.54, 1.807) is 40.9 Å². The highest BCUT2D eigenvalue weighted by molar-refractivity contribution is 5.79. The van der Waals surface area contributed by atoms with Gasteiger partial charge in [0.25, 0.3) is 0 Å². The van der Waals surface area contributed by atoms with Crippen molar-refractivity contribution in [1.82, 2.24) is 30.2 Å². The number of hydrogen-bond donors (Lipinski definition) is 4. The lowest BCUT2D eigenvalue weighted by Gasteiger charge is -2.49. The normalized spacial score (nSPS) is 40.2. The molecule has 4 saturated heterocycles. The summed E-state index contributed by atoms with van der Waals surface area (Å²) in [5, 5.41) is 27.6. The van der Waals surface area contributed by atoms with Crippen molar-refractivity contribution in [1.29, 1.82) is 0 Å². The number of ether oxygens (including phenoxy) is 8. The Morgan fingerprint density at radius 1 is 0.943 bits per heavy atom. The third-order valence-electron chi connectivity index (χ3n) is 15.5. The Bertz CT molecular complexity index is 2050. The molecule has 1 unspecified atom stereocenters. The zero-order valence-electron chi connectivity index (χ0n) is 43.8. The monoisotopic (exact) mass is 987 g/mol. The number of fused-ring (bicyclic) bond motifs is 1. The molecule has 70 heavy (non-hydrogen) atoms. The second-order valence-corrected chi connectivity index (χ2v) is 21.1. The minimum absolute atomic E-state index is 0.111. The highest BCUT2D eigenvalue weighted by atomic mass is 16.7. The first-order chi connectivity index (χ1) is 33.0. The molecule has 19 nitrogen and oxygen atoms in total. The minimum atomic E-state index is -1.46. The summed E-state index contributed by atoms with van der Waals surface area (Å²) < 4.78 is 53.6. The van der Waals surface area contributed by atoms with E-state index in [0.717, 1.165) is 11.3 Å². The number of carbonyl (C=O) groups is 3. The van der Waals surface area contributed by atoms with E-state index in [4.69, 9.17) is 37.9 Å². The molecule has 0 spiro atoms. The zero-order valence-corrected chi connectivity index (χ0v) is 43.8. The number of methoxy groups -OCH3 is 2. The second kappa shape index (κ2) is 23.0. The van der Waals surface area contributed by atoms with Crippen LogP contribution in [0.4, 0.5) is 4.79 Å². The van der Waals surface area contributed by atoms with Crippen molar-refractivity contribution in [3.8, 4) is 11.3 Å². The van der Waals surface area contributed by atoms with Gasteiger partial charge >= 0.3 is 12.1 Å². The molecule has 5 heterocycles. The first-order valence-corrected chi connectivity index (χ1v) is 25.1. The van der Waals surface area contributed by atoms with Gasteiger partial charge in [-0.3, -0.25) is 9.59 Å². The molecule has 4 aliphatic rings. The van der Waals surface area contributed by atoms with Gasteiger partial charge in [0.05, 0.1) is 59.6 Å². The van der Waals surface area contributed by atoms with Gasteiger partial charge in [0.2, 0.25) is 5.91 Å². The number of aliphatic hydroxyl groups is 2. The maximum Gasteiger partial charge on any atom is 0.425 e. The molecule has 394 valence electrons. The van der Waals surface area contributed by atoms with Gasteiger partial charge in [-0.1, -0.05) is 51.1 Å². The summed E-state index contributed by atoms with van der Waals surface area (Å²) in [5.74, 6) is -3.45. The average Bonchev–Trinajstić information content (AvgIpc) is 3.90. The number of nitrogens with zero attached hydrogens (tertiary/aromatic N) is 4. The Balaban J connectivity index is 1.35. The second-order valence-electron chi connectivity index (χ2n) is 21.1. The molecule has 6 rings (SSSR count). The topological polar surface area (TPSA) is 214 Å². The van der Waals surface area contributed by atoms with Crippen LogP contribution in [0.2, 0.25) is 0 Å². The van der Waals surface area contributed by atoms with Crippen molar-refractivity contribution in [3.05, 3.63) is 42.9 Å². The van der Waals surface area contributed by atoms with Crippen LogP contribution >= 0.6 is 0 Å². The van der Waals surface area contributed by atoms with Crippen molar-refractivity contribution < 1.29 is 62.5 Å². The number of aryl methyl sites for hydroxylation is 1. The van der Waals surface area contributed by atoms with Crippen molar-refractivity contribution in [2.75, 3.05) is 34.9 Å². The van der Waals surface area contributed by atoms with Crippen LogP contribution in [0.15, 0.2) is 42.9 Å². The standard InChI is InChI=1S/C51H82N6O13/c1-15-38-51(10)42(57(48(62)70-51)53-22-19-23-56-27-36(52-28-56)35-20-17-16-18-21-35)33(6)54-45(60)29(2)25-50(9,64-14)44(69-47-40(58)37(55(11)12)24-30(3)65-47)31(4)41(32(5)46(61)67-38)68-39-26-49(8,63-13)43(59)34(7)66-39/h16-18,20-21,27-34,37-44,47,53,58-59H,15,19,22-26H2,1-14H3,(H,54,60)/t29-,30-,31+,32-,33?,34+,37+,38+,39+,40-,41+,42-,43+,44+,47+,49-,50+,51-/m1/s1. The molecule has 4 fully saturated rings. The minimum Gasteiger partial charge on any atom is -0.458 e. The number of hydrazine groups is 1. The summed E-state index contributed by atoms with van der Waals surface area (Å²) in [6, 6.07) is 8.03. The third-order valence-corrected chi connectivity index (χ3v) is 15.5. The van der Waals surface area contributed by atoms with E-state index in [9.17, 15) is 24.6 Å². The van der Waals surface area contributed by atoms with Crippen LogP contribution in [0, 0.1) is 17.8 Å². The summed E-state index contributed by atoms with van der Waals surface area (Å²) in [6.07, 6.45) is -3.44. The highest BCUT2D eigenvalue weighted by Crippen LogP contribution is 2.42. The molecule has 19 heteroatoms. The molecule has 1 aromatic heterocycles. The summed E-state index contributed by atoms with van der Waals surface area (Å²) >= 11 is 0. The van der Waals surface area contributed by atoms with E-state index >= 15 is 0 Å². The van der Waals surface area contributed by atoms with Crippen molar-refractivity contribution >= 4 is 18.0 Å². The number of nitrogens with one attached hydrogen (secondary N) is 2. The van der Waals surface area contributed by atoms with Gasteiger partial charge < -0.3 is 62.9 Å². The Morgan fingerprint density at radius 2 is 1.63 bits per heavy atom. The largest absolute Gasteiger partial charge is 0.458 e. The van der Waals surface area contributed by atoms with Crippen LogP contribution in [0.5, 0.6) is 0 Å². The number of aromatic nitrogens is 2. The van der Waals surface area contributed by atoms with Gasteiger partial charge in [-0.05, 0) is 88.2 Å². The van der Waals surface area contributed by atoms with E-state index in [2.05, 4.69) is 15.7 Å². The lowest BCUT2D eigenvalue weighted by atomic mass is 9.77. The molecule has 4 N–H and O–H groups in total. The van der Waals surface area contributed by atoms with E-state index < -0.39 is 108 Å². The van der Waals surface area contributed by atoms with Crippen LogP contribution in [0.3, 0.4) is 0 Å². The number of rotatable bonds is 14. The number of aliphatic hydroxyl groups excluding tert-OH is 2. The van der Waals surface area contributed by atoms with E-state index in [1.165, 1.54) is 19.2 Å². The Labute approximate surface area is 414 Å². The first kappa shape index (κ1) is 55.6. The van der Waals surface area contributed by atoms with Crippen LogP contribution in [-0.2, 0) is 54.0 Å². The molecular formula is C51H82N6O13. The van der Waals surface area contributed by atoms with Crippen LogP contribution in [-0.4, -0.2) is 173 Å². The lowest BCUT2D eigenvalue weighted by Crippen LogP contribution is -2.63. The Morgan fingerprint density at radius 3 is 2.27 bits per heavy atom. The summed E-state index contributed by atoms with van der Waals surface area (Å²) in [7, 11) is 6.84. The fourth-order valence-electron chi connectivity index (χ4n) is 11.2. The first-order valence-electron chi connectivity index (χ1n) is 25.1. The predicted octanol–water partition coefficient (Wildman–Crippen LogP) is 4.67. The van der Waals surface area contributed by atoms with Gasteiger partial charge in [0.1, 0.15) is 24.4 Å².